The highest BCUT2D eigenvalue weighted by Gasteiger charge is 2.38. The van der Waals surface area contributed by atoms with Gasteiger partial charge in [0.2, 0.25) is 0 Å². The van der Waals surface area contributed by atoms with E-state index >= 15 is 0 Å². The molecule has 160 valence electrons. The fourth-order valence-corrected chi connectivity index (χ4v) is 4.92. The van der Waals surface area contributed by atoms with E-state index in [1.165, 1.54) is 6.07 Å². The molecule has 6 heteroatoms. The summed E-state index contributed by atoms with van der Waals surface area (Å²) in [7, 11) is 1.83. The van der Waals surface area contributed by atoms with Gasteiger partial charge in [-0.1, -0.05) is 18.2 Å². The van der Waals surface area contributed by atoms with Crippen LogP contribution in [-0.2, 0) is 20.0 Å². The Bertz CT molecular complexity index is 1170. The number of amides is 1. The van der Waals surface area contributed by atoms with Gasteiger partial charge in [0, 0.05) is 37.3 Å². The standard InChI is InChI=1S/C25H26FN3O2/c1-15-10-19-14-29(23-4-3-5-24(23)30)25(31)20(19)12-18(15)11-16-6-7-17(13-21(16)26)22-8-9-28(2)27-22/h6-10,12-13,23-24,30H,3-5,11,14H2,1-2H3. The summed E-state index contributed by atoms with van der Waals surface area (Å²) in [5.41, 5.74) is 5.76. The van der Waals surface area contributed by atoms with Gasteiger partial charge >= 0.3 is 0 Å². The fraction of sp³-hybridized carbons (Fsp3) is 0.360. The number of aromatic nitrogens is 2. The molecule has 2 heterocycles. The molecule has 1 aliphatic carbocycles. The molecule has 1 aliphatic heterocycles. The van der Waals surface area contributed by atoms with Gasteiger partial charge in [-0.2, -0.15) is 5.10 Å². The second-order valence-corrected chi connectivity index (χ2v) is 8.79. The van der Waals surface area contributed by atoms with Gasteiger partial charge < -0.3 is 10.0 Å². The third kappa shape index (κ3) is 3.55. The highest BCUT2D eigenvalue weighted by Crippen LogP contribution is 2.34. The Balaban J connectivity index is 1.40. The highest BCUT2D eigenvalue weighted by atomic mass is 19.1. The van der Waals surface area contributed by atoms with Crippen LogP contribution in [0.5, 0.6) is 0 Å². The van der Waals surface area contributed by atoms with E-state index in [0.717, 1.165) is 47.2 Å². The van der Waals surface area contributed by atoms with Crippen LogP contribution in [0, 0.1) is 12.7 Å². The molecule has 0 bridgehead atoms. The van der Waals surface area contributed by atoms with E-state index in [1.54, 1.807) is 10.7 Å². The van der Waals surface area contributed by atoms with Crippen LogP contribution in [0.3, 0.4) is 0 Å². The first-order chi connectivity index (χ1) is 14.9. The van der Waals surface area contributed by atoms with Crippen molar-refractivity contribution in [2.45, 2.75) is 51.3 Å². The zero-order valence-electron chi connectivity index (χ0n) is 17.8. The summed E-state index contributed by atoms with van der Waals surface area (Å²) in [5, 5.41) is 14.6. The van der Waals surface area contributed by atoms with Crippen LogP contribution in [0.25, 0.3) is 11.3 Å². The minimum atomic E-state index is -0.439. The Hall–Kier alpha value is -2.99. The second-order valence-electron chi connectivity index (χ2n) is 8.79. The number of aliphatic hydroxyl groups is 1. The number of halogens is 1. The van der Waals surface area contributed by atoms with Gasteiger partial charge in [-0.3, -0.25) is 9.48 Å². The van der Waals surface area contributed by atoms with Crippen LogP contribution >= 0.6 is 0 Å². The normalized spacial score (nSPS) is 20.5. The van der Waals surface area contributed by atoms with Crippen molar-refractivity contribution in [3.8, 4) is 11.3 Å². The summed E-state index contributed by atoms with van der Waals surface area (Å²) in [4.78, 5) is 14.9. The molecule has 2 atom stereocenters. The lowest BCUT2D eigenvalue weighted by molar-refractivity contribution is 0.0479. The first kappa shape index (κ1) is 19.9. The quantitative estimate of drug-likeness (QED) is 0.696. The molecule has 5 rings (SSSR count). The van der Waals surface area contributed by atoms with Gasteiger partial charge in [0.1, 0.15) is 5.82 Å². The number of nitrogens with zero attached hydrogens (tertiary/aromatic N) is 3. The van der Waals surface area contributed by atoms with Crippen molar-refractivity contribution in [2.75, 3.05) is 0 Å². The third-order valence-corrected chi connectivity index (χ3v) is 6.68. The number of carbonyl (C=O) groups is 1. The van der Waals surface area contributed by atoms with Gasteiger partial charge in [-0.25, -0.2) is 4.39 Å². The van der Waals surface area contributed by atoms with Crippen LogP contribution in [0.1, 0.15) is 51.9 Å². The number of rotatable bonds is 4. The van der Waals surface area contributed by atoms with Crippen LogP contribution < -0.4 is 0 Å². The van der Waals surface area contributed by atoms with Gasteiger partial charge in [0.15, 0.2) is 0 Å². The average molecular weight is 420 g/mol. The smallest absolute Gasteiger partial charge is 0.254 e. The first-order valence-corrected chi connectivity index (χ1v) is 10.8. The molecule has 0 saturated heterocycles. The van der Waals surface area contributed by atoms with Crippen molar-refractivity contribution in [2.24, 2.45) is 7.05 Å². The Kier molecular flexibility index (Phi) is 4.89. The van der Waals surface area contributed by atoms with Crippen molar-refractivity contribution in [3.05, 3.63) is 76.2 Å². The van der Waals surface area contributed by atoms with E-state index in [9.17, 15) is 14.3 Å². The Labute approximate surface area is 181 Å². The maximum absolute atomic E-state index is 14.9. The lowest BCUT2D eigenvalue weighted by atomic mass is 9.95. The lowest BCUT2D eigenvalue weighted by Gasteiger charge is -2.26. The monoisotopic (exact) mass is 419 g/mol. The maximum atomic E-state index is 14.9. The third-order valence-electron chi connectivity index (χ3n) is 6.68. The number of aryl methyl sites for hydroxylation is 2. The van der Waals surface area contributed by atoms with Crippen LogP contribution in [0.15, 0.2) is 42.6 Å². The summed E-state index contributed by atoms with van der Waals surface area (Å²) in [6, 6.07) is 10.9. The Morgan fingerprint density at radius 1 is 1.16 bits per heavy atom. The Morgan fingerprint density at radius 3 is 2.68 bits per heavy atom. The largest absolute Gasteiger partial charge is 0.391 e. The van der Waals surface area contributed by atoms with E-state index < -0.39 is 6.10 Å². The summed E-state index contributed by atoms with van der Waals surface area (Å²) >= 11 is 0. The number of hydrogen-bond acceptors (Lipinski definition) is 3. The van der Waals surface area contributed by atoms with Crippen molar-refractivity contribution >= 4 is 5.91 Å². The second kappa shape index (κ2) is 7.61. The van der Waals surface area contributed by atoms with Crippen molar-refractivity contribution in [3.63, 3.8) is 0 Å². The fourth-order valence-electron chi connectivity index (χ4n) is 4.92. The number of carbonyl (C=O) groups excluding carboxylic acids is 1. The molecule has 2 aliphatic rings. The molecule has 31 heavy (non-hydrogen) atoms. The van der Waals surface area contributed by atoms with Crippen LogP contribution in [0.2, 0.25) is 0 Å². The zero-order valence-corrected chi connectivity index (χ0v) is 17.8. The number of hydrogen-bond donors (Lipinski definition) is 1. The molecule has 0 spiro atoms. The molecule has 1 saturated carbocycles. The maximum Gasteiger partial charge on any atom is 0.254 e. The minimum Gasteiger partial charge on any atom is -0.391 e. The van der Waals surface area contributed by atoms with E-state index in [-0.39, 0.29) is 17.8 Å². The SMILES string of the molecule is Cc1cc2c(cc1Cc1ccc(-c3ccn(C)n3)cc1F)C(=O)N(C1CCCC1O)C2. The predicted octanol–water partition coefficient (Wildman–Crippen LogP) is 3.99. The van der Waals surface area contributed by atoms with Crippen LogP contribution in [0.4, 0.5) is 4.39 Å². The number of aliphatic hydroxyl groups excluding tert-OH is 1. The topological polar surface area (TPSA) is 58.4 Å². The van der Waals surface area contributed by atoms with Gasteiger partial charge in [-0.05, 0) is 66.6 Å². The molecule has 2 unspecified atom stereocenters. The Morgan fingerprint density at radius 2 is 2.00 bits per heavy atom. The summed E-state index contributed by atoms with van der Waals surface area (Å²) < 4.78 is 16.6. The van der Waals surface area contributed by atoms with E-state index in [4.69, 9.17) is 0 Å². The van der Waals surface area contributed by atoms with E-state index in [0.29, 0.717) is 24.1 Å². The summed E-state index contributed by atoms with van der Waals surface area (Å²) in [5.74, 6) is -0.293. The van der Waals surface area contributed by atoms with Crippen molar-refractivity contribution in [1.29, 1.82) is 0 Å². The summed E-state index contributed by atoms with van der Waals surface area (Å²) in [6.07, 6.45) is 4.37. The van der Waals surface area contributed by atoms with Gasteiger partial charge in [0.25, 0.3) is 5.91 Å². The van der Waals surface area contributed by atoms with E-state index in [1.807, 2.05) is 49.3 Å². The van der Waals surface area contributed by atoms with Crippen molar-refractivity contribution in [1.82, 2.24) is 14.7 Å². The molecular formula is C25H26FN3O2. The molecule has 1 fully saturated rings. The van der Waals surface area contributed by atoms with Gasteiger partial charge in [-0.15, -0.1) is 0 Å². The highest BCUT2D eigenvalue weighted by molar-refractivity contribution is 5.99. The zero-order chi connectivity index (χ0) is 21.7. The van der Waals surface area contributed by atoms with Crippen LogP contribution in [-0.4, -0.2) is 37.8 Å². The molecule has 0 radical (unpaired) electrons. The molecule has 1 N–H and O–H groups in total. The first-order valence-electron chi connectivity index (χ1n) is 10.8. The van der Waals surface area contributed by atoms with Crippen molar-refractivity contribution < 1.29 is 14.3 Å². The molecule has 1 amide bonds. The molecule has 5 nitrogen and oxygen atoms in total. The molecule has 1 aromatic heterocycles. The number of fused-ring (bicyclic) bond motifs is 1. The lowest BCUT2D eigenvalue weighted by Crippen LogP contribution is -2.40. The molecule has 3 aromatic rings. The van der Waals surface area contributed by atoms with E-state index in [2.05, 4.69) is 5.10 Å². The average Bonchev–Trinajstić information content (AvgIpc) is 3.43. The predicted molar refractivity (Wildman–Crippen MR) is 116 cm³/mol. The number of benzene rings is 2. The summed E-state index contributed by atoms with van der Waals surface area (Å²) in [6.45, 7) is 2.55. The van der Waals surface area contributed by atoms with Gasteiger partial charge in [0.05, 0.1) is 17.8 Å². The molecule has 2 aromatic carbocycles. The minimum absolute atomic E-state index is 0.0202. The molecular weight excluding hydrogens is 393 g/mol.